The first kappa shape index (κ1) is 18.7. The van der Waals surface area contributed by atoms with Crippen LogP contribution in [0.2, 0.25) is 0 Å². The molecule has 0 bridgehead atoms. The number of hydrogen-bond donors (Lipinski definition) is 0. The average Bonchev–Trinajstić information content (AvgIpc) is 2.44. The lowest BCUT2D eigenvalue weighted by molar-refractivity contribution is -0.137. The van der Waals surface area contributed by atoms with Gasteiger partial charge in [0.05, 0.1) is 6.61 Å². The Morgan fingerprint density at radius 1 is 1.10 bits per heavy atom. The van der Waals surface area contributed by atoms with Gasteiger partial charge >= 0.3 is 5.97 Å². The highest BCUT2D eigenvalue weighted by atomic mass is 16.5. The third-order valence-corrected chi connectivity index (χ3v) is 3.40. The molecule has 0 saturated carbocycles. The van der Waals surface area contributed by atoms with Crippen LogP contribution in [0.25, 0.3) is 4.85 Å². The smallest absolute Gasteiger partial charge is 0.330 e. The summed E-state index contributed by atoms with van der Waals surface area (Å²) in [5, 5.41) is 0. The number of hydrogen-bond acceptors (Lipinski definition) is 2. The van der Waals surface area contributed by atoms with Gasteiger partial charge in [0.25, 0.3) is 0 Å². The molecule has 0 atom stereocenters. The highest BCUT2D eigenvalue weighted by Crippen LogP contribution is 2.19. The van der Waals surface area contributed by atoms with Gasteiger partial charge in [-0.1, -0.05) is 45.1 Å². The second kappa shape index (κ2) is 11.5. The molecule has 0 saturated heterocycles. The van der Waals surface area contributed by atoms with Gasteiger partial charge in [-0.3, -0.25) is 0 Å². The molecule has 114 valence electrons. The molecule has 0 unspecified atom stereocenters. The van der Waals surface area contributed by atoms with E-state index in [1.54, 1.807) is 0 Å². The third kappa shape index (κ3) is 11.8. The van der Waals surface area contributed by atoms with Gasteiger partial charge in [0.2, 0.25) is 5.54 Å². The Morgan fingerprint density at radius 2 is 1.60 bits per heavy atom. The van der Waals surface area contributed by atoms with Crippen molar-refractivity contribution in [3.63, 3.8) is 0 Å². The fourth-order valence-electron chi connectivity index (χ4n) is 2.01. The number of nitrogens with zero attached hydrogens (tertiary/aromatic N) is 1. The van der Waals surface area contributed by atoms with Crippen LogP contribution >= 0.6 is 0 Å². The zero-order valence-corrected chi connectivity index (χ0v) is 13.1. The van der Waals surface area contributed by atoms with E-state index in [-0.39, 0.29) is 11.5 Å². The van der Waals surface area contributed by atoms with Crippen LogP contribution in [0.3, 0.4) is 0 Å². The van der Waals surface area contributed by atoms with Crippen molar-refractivity contribution in [2.24, 2.45) is 0 Å². The summed E-state index contributed by atoms with van der Waals surface area (Å²) in [6.45, 7) is 14.9. The van der Waals surface area contributed by atoms with Gasteiger partial charge in [-0.25, -0.2) is 11.4 Å². The highest BCUT2D eigenvalue weighted by Gasteiger charge is 2.21. The molecule has 0 N–H and O–H groups in total. The van der Waals surface area contributed by atoms with E-state index in [9.17, 15) is 4.79 Å². The van der Waals surface area contributed by atoms with Gasteiger partial charge in [-0.2, -0.15) is 0 Å². The van der Waals surface area contributed by atoms with Gasteiger partial charge in [0.1, 0.15) is 0 Å². The predicted molar refractivity (Wildman–Crippen MR) is 83.4 cm³/mol. The van der Waals surface area contributed by atoms with Crippen LogP contribution in [0.5, 0.6) is 0 Å². The number of carbonyl (C=O) groups is 1. The molecular formula is C17H29NO2. The maximum atomic E-state index is 10.8. The van der Waals surface area contributed by atoms with Crippen molar-refractivity contribution in [1.29, 1.82) is 0 Å². The van der Waals surface area contributed by atoms with Gasteiger partial charge in [0.15, 0.2) is 0 Å². The minimum absolute atomic E-state index is 0.178. The molecule has 0 fully saturated rings. The summed E-state index contributed by atoms with van der Waals surface area (Å²) >= 11 is 0. The SMILES string of the molecule is [C-]#[N+]C(C)(C)CCCCCCCCCCOC(=O)C=C. The molecule has 20 heavy (non-hydrogen) atoms. The van der Waals surface area contributed by atoms with Crippen LogP contribution in [-0.4, -0.2) is 18.1 Å². The second-order valence-electron chi connectivity index (χ2n) is 5.87. The van der Waals surface area contributed by atoms with Crippen molar-refractivity contribution < 1.29 is 9.53 Å². The van der Waals surface area contributed by atoms with Gasteiger partial charge in [0, 0.05) is 26.3 Å². The maximum Gasteiger partial charge on any atom is 0.330 e. The van der Waals surface area contributed by atoms with E-state index in [1.165, 1.54) is 38.2 Å². The zero-order valence-electron chi connectivity index (χ0n) is 13.1. The standard InChI is InChI=1S/C17H29NO2/c1-5-16(19)20-15-13-11-9-7-6-8-10-12-14-17(2,3)18-4/h5H,1,6-15H2,2-3H3. The van der Waals surface area contributed by atoms with E-state index >= 15 is 0 Å². The third-order valence-electron chi connectivity index (χ3n) is 3.40. The molecular weight excluding hydrogens is 250 g/mol. The molecule has 0 radical (unpaired) electrons. The quantitative estimate of drug-likeness (QED) is 0.219. The first-order valence-corrected chi connectivity index (χ1v) is 7.69. The van der Waals surface area contributed by atoms with Gasteiger partial charge in [-0.05, 0) is 12.8 Å². The van der Waals surface area contributed by atoms with Crippen molar-refractivity contribution in [2.45, 2.75) is 77.2 Å². The molecule has 0 aliphatic carbocycles. The van der Waals surface area contributed by atoms with E-state index in [0.717, 1.165) is 25.7 Å². The molecule has 0 amide bonds. The van der Waals surface area contributed by atoms with E-state index in [1.807, 2.05) is 13.8 Å². The van der Waals surface area contributed by atoms with Crippen LogP contribution in [0.15, 0.2) is 12.7 Å². The second-order valence-corrected chi connectivity index (χ2v) is 5.87. The predicted octanol–water partition coefficient (Wildman–Crippen LogP) is 4.92. The lowest BCUT2D eigenvalue weighted by Gasteiger charge is -2.10. The summed E-state index contributed by atoms with van der Waals surface area (Å²) in [5.74, 6) is -0.327. The summed E-state index contributed by atoms with van der Waals surface area (Å²) in [4.78, 5) is 14.4. The average molecular weight is 279 g/mol. The van der Waals surface area contributed by atoms with E-state index in [2.05, 4.69) is 11.4 Å². The van der Waals surface area contributed by atoms with Crippen molar-refractivity contribution >= 4 is 5.97 Å². The number of ether oxygens (including phenoxy) is 1. The number of unbranched alkanes of at least 4 members (excludes halogenated alkanes) is 7. The molecule has 0 rings (SSSR count). The van der Waals surface area contributed by atoms with Crippen LogP contribution in [-0.2, 0) is 9.53 Å². The molecule has 0 aromatic carbocycles. The highest BCUT2D eigenvalue weighted by molar-refractivity contribution is 5.81. The normalized spacial score (nSPS) is 10.8. The maximum absolute atomic E-state index is 10.8. The van der Waals surface area contributed by atoms with Crippen LogP contribution in [0.4, 0.5) is 0 Å². The Labute approximate surface area is 124 Å². The molecule has 0 aliphatic heterocycles. The summed E-state index contributed by atoms with van der Waals surface area (Å²) in [7, 11) is 0. The molecule has 0 aromatic rings. The number of carbonyl (C=O) groups excluding carboxylic acids is 1. The Hall–Kier alpha value is -1.30. The minimum Gasteiger partial charge on any atom is -0.463 e. The van der Waals surface area contributed by atoms with E-state index < -0.39 is 0 Å². The van der Waals surface area contributed by atoms with Crippen LogP contribution in [0, 0.1) is 6.57 Å². The monoisotopic (exact) mass is 279 g/mol. The minimum atomic E-state index is -0.327. The van der Waals surface area contributed by atoms with Crippen molar-refractivity contribution in [3.05, 3.63) is 24.1 Å². The lowest BCUT2D eigenvalue weighted by Crippen LogP contribution is -2.12. The first-order chi connectivity index (χ1) is 9.52. The Balaban J connectivity index is 3.20. The number of esters is 1. The molecule has 0 aliphatic rings. The Morgan fingerprint density at radius 3 is 2.10 bits per heavy atom. The fraction of sp³-hybridized carbons (Fsp3) is 0.765. The summed E-state index contributed by atoms with van der Waals surface area (Å²) in [5.41, 5.74) is -0.178. The zero-order chi connectivity index (χ0) is 15.3. The lowest BCUT2D eigenvalue weighted by atomic mass is 9.97. The molecule has 3 nitrogen and oxygen atoms in total. The molecule has 0 spiro atoms. The molecule has 0 aromatic heterocycles. The summed E-state index contributed by atoms with van der Waals surface area (Å²) in [6.07, 6.45) is 11.7. The van der Waals surface area contributed by atoms with Crippen LogP contribution in [0.1, 0.15) is 71.6 Å². The van der Waals surface area contributed by atoms with Crippen molar-refractivity contribution in [1.82, 2.24) is 0 Å². The van der Waals surface area contributed by atoms with Crippen molar-refractivity contribution in [3.8, 4) is 0 Å². The van der Waals surface area contributed by atoms with Crippen LogP contribution < -0.4 is 0 Å². The largest absolute Gasteiger partial charge is 0.463 e. The number of rotatable bonds is 12. The van der Waals surface area contributed by atoms with Crippen molar-refractivity contribution in [2.75, 3.05) is 6.61 Å². The van der Waals surface area contributed by atoms with Gasteiger partial charge in [-0.15, -0.1) is 0 Å². The Bertz CT molecular complexity index is 315. The van der Waals surface area contributed by atoms with E-state index in [0.29, 0.717) is 6.61 Å². The summed E-state index contributed by atoms with van der Waals surface area (Å²) < 4.78 is 4.91. The molecule has 0 heterocycles. The Kier molecular flexibility index (Phi) is 10.8. The fourth-order valence-corrected chi connectivity index (χ4v) is 2.01. The summed E-state index contributed by atoms with van der Waals surface area (Å²) in [6, 6.07) is 0. The van der Waals surface area contributed by atoms with E-state index in [4.69, 9.17) is 11.3 Å². The first-order valence-electron chi connectivity index (χ1n) is 7.69. The van der Waals surface area contributed by atoms with Gasteiger partial charge < -0.3 is 9.58 Å². The molecule has 3 heteroatoms. The topological polar surface area (TPSA) is 30.7 Å².